The average molecular weight is 659 g/mol. The summed E-state index contributed by atoms with van der Waals surface area (Å²) < 4.78 is 0. The number of benzene rings is 4. The smallest absolute Gasteiger partial charge is 0.741 e. The fourth-order valence-electron chi connectivity index (χ4n) is 4.35. The third-order valence-electron chi connectivity index (χ3n) is 6.47. The molecule has 0 bridgehead atoms. The van der Waals surface area contributed by atoms with E-state index in [0.29, 0.717) is 22.9 Å². The molecule has 0 aliphatic heterocycles. The Balaban J connectivity index is 0.00000484. The van der Waals surface area contributed by atoms with Crippen molar-refractivity contribution in [2.24, 2.45) is 20.4 Å². The summed E-state index contributed by atoms with van der Waals surface area (Å²) in [5, 5.41) is 27.9. The molecule has 6 nitrogen and oxygen atoms in total. The van der Waals surface area contributed by atoms with Crippen molar-refractivity contribution in [2.45, 2.75) is 13.8 Å². The first kappa shape index (κ1) is 33.1. The topological polar surface area (TPSA) is 73.5 Å². The largest absolute Gasteiger partial charge is 2.00 e. The first-order valence-electron chi connectivity index (χ1n) is 13.1. The molecule has 0 fully saturated rings. The maximum absolute atomic E-state index is 5.67. The Morgan fingerprint density at radius 1 is 0.643 bits per heavy atom. The zero-order valence-electron chi connectivity index (χ0n) is 23.5. The van der Waals surface area contributed by atoms with Gasteiger partial charge in [0.25, 0.3) is 0 Å². The molecule has 4 rings (SSSR count). The summed E-state index contributed by atoms with van der Waals surface area (Å²) in [4.78, 5) is 0. The second-order valence-electron chi connectivity index (χ2n) is 9.21. The van der Waals surface area contributed by atoms with Crippen molar-refractivity contribution < 1.29 is 17.1 Å². The molecule has 0 aromatic heterocycles. The molecule has 0 unspecified atom stereocenters. The Morgan fingerprint density at radius 3 is 1.55 bits per heavy atom. The van der Waals surface area contributed by atoms with Crippen LogP contribution in [0.25, 0.3) is 0 Å². The van der Waals surface area contributed by atoms with Gasteiger partial charge in [0.15, 0.2) is 0 Å². The number of amidine groups is 2. The minimum Gasteiger partial charge on any atom is -0.741 e. The summed E-state index contributed by atoms with van der Waals surface area (Å²) in [6, 6.07) is 39.8. The van der Waals surface area contributed by atoms with Gasteiger partial charge in [-0.15, -0.1) is 5.10 Å². The van der Waals surface area contributed by atoms with Crippen molar-refractivity contribution in [3.05, 3.63) is 126 Å². The number of rotatable bonds is 9. The van der Waals surface area contributed by atoms with E-state index in [1.807, 2.05) is 56.3 Å². The van der Waals surface area contributed by atoms with Crippen LogP contribution in [-0.2, 0) is 42.3 Å². The normalized spacial score (nSPS) is 12.8. The summed E-state index contributed by atoms with van der Waals surface area (Å²) in [7, 11) is -0.414. The molecule has 1 radical (unpaired) electrons. The molecule has 2 N–H and O–H groups in total. The second-order valence-corrected chi connectivity index (χ2v) is 13.5. The molecule has 0 atom stereocenters. The zero-order chi connectivity index (χ0) is 29.1. The Bertz CT molecular complexity index is 1450. The number of nitrogens with zero attached hydrogens (tertiary/aromatic N) is 4. The second kappa shape index (κ2) is 16.3. The van der Waals surface area contributed by atoms with Crippen LogP contribution in [0.3, 0.4) is 0 Å². The van der Waals surface area contributed by atoms with Crippen molar-refractivity contribution in [3.63, 3.8) is 0 Å². The molecule has 42 heavy (non-hydrogen) atoms. The quantitative estimate of drug-likeness (QED) is 0.0687. The SMILES string of the molecule is CN/C([S-])=N/N=C(/C(C)=N/N=C(\[S-])NC[P+](c1ccccc1)(c1ccccc1)c1ccccc1)c1ccc(C)cc1.[Cu+2]. The van der Waals surface area contributed by atoms with Crippen LogP contribution in [0.5, 0.6) is 0 Å². The van der Waals surface area contributed by atoms with Crippen LogP contribution in [0.2, 0.25) is 0 Å². The van der Waals surface area contributed by atoms with Crippen LogP contribution < -0.4 is 26.5 Å². The molecule has 4 aromatic carbocycles. The van der Waals surface area contributed by atoms with E-state index in [1.165, 1.54) is 15.9 Å². The fourth-order valence-corrected chi connectivity index (χ4v) is 8.49. The summed E-state index contributed by atoms with van der Waals surface area (Å²) in [6.07, 6.45) is 0.590. The van der Waals surface area contributed by atoms with Gasteiger partial charge in [-0.05, 0) is 55.4 Å². The van der Waals surface area contributed by atoms with E-state index in [9.17, 15) is 0 Å². The molecule has 10 heteroatoms. The molecule has 0 saturated heterocycles. The number of hydrogen-bond acceptors (Lipinski definition) is 6. The predicted octanol–water partition coefficient (Wildman–Crippen LogP) is 4.64. The van der Waals surface area contributed by atoms with Gasteiger partial charge < -0.3 is 35.9 Å². The van der Waals surface area contributed by atoms with E-state index >= 15 is 0 Å². The molecule has 0 heterocycles. The van der Waals surface area contributed by atoms with Crippen molar-refractivity contribution in [3.8, 4) is 0 Å². The third-order valence-corrected chi connectivity index (χ3v) is 11.2. The van der Waals surface area contributed by atoms with Crippen molar-refractivity contribution >= 4 is 70.2 Å². The van der Waals surface area contributed by atoms with Gasteiger partial charge in [0.05, 0.1) is 5.71 Å². The van der Waals surface area contributed by atoms with Gasteiger partial charge in [-0.2, -0.15) is 15.3 Å². The molecule has 0 spiro atoms. The molecule has 4 aromatic rings. The van der Waals surface area contributed by atoms with E-state index < -0.39 is 7.26 Å². The van der Waals surface area contributed by atoms with Gasteiger partial charge in [-0.25, -0.2) is 0 Å². The number of aryl methyl sites for hydroxylation is 1. The average Bonchev–Trinajstić information content (AvgIpc) is 3.02. The molecular formula is C32H32CuN6PS2+. The molecule has 0 saturated carbocycles. The van der Waals surface area contributed by atoms with Crippen molar-refractivity contribution in [1.82, 2.24) is 10.6 Å². The van der Waals surface area contributed by atoms with Crippen LogP contribution in [0.15, 0.2) is 136 Å². The van der Waals surface area contributed by atoms with Crippen molar-refractivity contribution in [1.29, 1.82) is 0 Å². The van der Waals surface area contributed by atoms with Gasteiger partial charge in [0.1, 0.15) is 35.2 Å². The predicted molar refractivity (Wildman–Crippen MR) is 183 cm³/mol. The van der Waals surface area contributed by atoms with E-state index in [1.54, 1.807) is 7.05 Å². The van der Waals surface area contributed by atoms with E-state index in [4.69, 9.17) is 25.3 Å². The number of nitrogens with one attached hydrogen (secondary N) is 2. The van der Waals surface area contributed by atoms with Crippen LogP contribution >= 0.6 is 7.26 Å². The zero-order valence-corrected chi connectivity index (χ0v) is 27.0. The third kappa shape index (κ3) is 8.31. The molecular weight excluding hydrogens is 627 g/mol. The van der Waals surface area contributed by atoms with Gasteiger partial charge in [0.2, 0.25) is 0 Å². The van der Waals surface area contributed by atoms with E-state index in [2.05, 4.69) is 104 Å². The Kier molecular flexibility index (Phi) is 12.8. The van der Waals surface area contributed by atoms with Crippen LogP contribution in [-0.4, -0.2) is 35.1 Å². The Labute approximate surface area is 270 Å². The summed E-state index contributed by atoms with van der Waals surface area (Å²) in [5.41, 5.74) is 3.13. The summed E-state index contributed by atoms with van der Waals surface area (Å²) in [6.45, 7) is 3.86. The van der Waals surface area contributed by atoms with Gasteiger partial charge in [0, 0.05) is 17.8 Å². The van der Waals surface area contributed by atoms with Gasteiger partial charge >= 0.3 is 17.1 Å². The molecule has 0 aliphatic rings. The Hall–Kier alpha value is -3.45. The van der Waals surface area contributed by atoms with Crippen LogP contribution in [0.4, 0.5) is 0 Å². The molecule has 0 aliphatic carbocycles. The number of hydrogen-bond donors (Lipinski definition) is 2. The summed E-state index contributed by atoms with van der Waals surface area (Å²) >= 11 is 10.8. The fraction of sp³-hybridized carbons (Fsp3) is 0.125. The van der Waals surface area contributed by atoms with Crippen LogP contribution in [0.1, 0.15) is 18.1 Å². The van der Waals surface area contributed by atoms with E-state index in [0.717, 1.165) is 11.1 Å². The molecule has 217 valence electrons. The first-order valence-corrected chi connectivity index (χ1v) is 15.9. The summed E-state index contributed by atoms with van der Waals surface area (Å²) in [5.74, 6) is 0. The maximum Gasteiger partial charge on any atom is 2.00 e. The van der Waals surface area contributed by atoms with E-state index in [-0.39, 0.29) is 22.2 Å². The van der Waals surface area contributed by atoms with Crippen LogP contribution in [0, 0.1) is 6.92 Å². The maximum atomic E-state index is 5.67. The van der Waals surface area contributed by atoms with Gasteiger partial charge in [-0.1, -0.05) is 84.4 Å². The molecule has 0 amide bonds. The standard InChI is InChI=1S/C32H33N6PS2.Cu/c1-24-19-21-26(22-20-24)30(36-37-31(40)33-3)25(2)35-38-32(41)34-23-39(27-13-7-4-8-14-27,28-15-9-5-10-16-28)29-17-11-6-12-18-29;/h4-22H,23H2,1-3H3,(H3-,33,34,35,36,37,38,40,41);/q;+2/p-1. The monoisotopic (exact) mass is 658 g/mol. The minimum atomic E-state index is -2.12. The Morgan fingerprint density at radius 2 is 1.10 bits per heavy atom. The minimum absolute atomic E-state index is 0. The van der Waals surface area contributed by atoms with Gasteiger partial charge in [-0.3, -0.25) is 0 Å². The van der Waals surface area contributed by atoms with Crippen molar-refractivity contribution in [2.75, 3.05) is 13.3 Å². The first-order chi connectivity index (χ1) is 19.9.